The van der Waals surface area contributed by atoms with Crippen LogP contribution < -0.4 is 15.4 Å². The van der Waals surface area contributed by atoms with E-state index in [0.29, 0.717) is 6.42 Å². The standard InChI is InChI=1S/C18H15Cl2N3O5/c19-10-3-6-16(28-18(25)15-2-1-7-21-15)12(8-10)17(24)22-14-5-4-11(23(26)27)9-13(14)20/h3-6,8-9,15,21H,1-2,7H2,(H,22,24)/t15-/m0/s1. The van der Waals surface area contributed by atoms with Crippen molar-refractivity contribution >= 4 is 46.5 Å². The monoisotopic (exact) mass is 423 g/mol. The normalized spacial score (nSPS) is 15.9. The molecule has 1 aliphatic rings. The number of benzene rings is 2. The molecule has 1 atom stereocenters. The van der Waals surface area contributed by atoms with Gasteiger partial charge >= 0.3 is 5.97 Å². The van der Waals surface area contributed by atoms with Crippen molar-refractivity contribution < 1.29 is 19.2 Å². The highest BCUT2D eigenvalue weighted by Crippen LogP contribution is 2.29. The molecule has 1 aliphatic heterocycles. The number of hydrogen-bond acceptors (Lipinski definition) is 6. The van der Waals surface area contributed by atoms with Crippen LogP contribution in [0.15, 0.2) is 36.4 Å². The number of rotatable bonds is 5. The molecule has 1 amide bonds. The molecule has 1 fully saturated rings. The number of nitro benzene ring substituents is 1. The molecule has 3 rings (SSSR count). The summed E-state index contributed by atoms with van der Waals surface area (Å²) < 4.78 is 5.38. The summed E-state index contributed by atoms with van der Waals surface area (Å²) in [6.45, 7) is 0.729. The molecule has 8 nitrogen and oxygen atoms in total. The van der Waals surface area contributed by atoms with Crippen LogP contribution >= 0.6 is 23.2 Å². The second-order valence-corrected chi connectivity index (χ2v) is 6.93. The Morgan fingerprint density at radius 2 is 2.00 bits per heavy atom. The van der Waals surface area contributed by atoms with E-state index >= 15 is 0 Å². The van der Waals surface area contributed by atoms with Crippen LogP contribution in [-0.2, 0) is 4.79 Å². The molecule has 0 aliphatic carbocycles. The molecule has 0 spiro atoms. The zero-order valence-electron chi connectivity index (χ0n) is 14.4. The predicted octanol–water partition coefficient (Wildman–Crippen LogP) is 3.81. The van der Waals surface area contributed by atoms with Crippen LogP contribution in [0.2, 0.25) is 10.0 Å². The zero-order chi connectivity index (χ0) is 20.3. The van der Waals surface area contributed by atoms with Gasteiger partial charge in [-0.25, -0.2) is 4.79 Å². The fraction of sp³-hybridized carbons (Fsp3) is 0.222. The third kappa shape index (κ3) is 4.59. The third-order valence-electron chi connectivity index (χ3n) is 4.15. The quantitative estimate of drug-likeness (QED) is 0.327. The van der Waals surface area contributed by atoms with E-state index in [0.717, 1.165) is 19.0 Å². The molecule has 0 unspecified atom stereocenters. The second-order valence-electron chi connectivity index (χ2n) is 6.09. The minimum atomic E-state index is -0.625. The van der Waals surface area contributed by atoms with Gasteiger partial charge in [-0.05, 0) is 43.7 Å². The van der Waals surface area contributed by atoms with Crippen LogP contribution in [0.25, 0.3) is 0 Å². The fourth-order valence-electron chi connectivity index (χ4n) is 2.74. The van der Waals surface area contributed by atoms with Gasteiger partial charge in [0.25, 0.3) is 11.6 Å². The van der Waals surface area contributed by atoms with Gasteiger partial charge in [-0.2, -0.15) is 0 Å². The largest absolute Gasteiger partial charge is 0.425 e. The smallest absolute Gasteiger partial charge is 0.328 e. The molecular formula is C18H15Cl2N3O5. The second kappa shape index (κ2) is 8.55. The third-order valence-corrected chi connectivity index (χ3v) is 4.70. The number of nitrogens with zero attached hydrogens (tertiary/aromatic N) is 1. The van der Waals surface area contributed by atoms with Crippen LogP contribution in [0.5, 0.6) is 5.75 Å². The first kappa shape index (κ1) is 20.1. The molecule has 2 aromatic carbocycles. The summed E-state index contributed by atoms with van der Waals surface area (Å²) in [5.74, 6) is -1.05. The van der Waals surface area contributed by atoms with Crippen molar-refractivity contribution in [2.45, 2.75) is 18.9 Å². The highest BCUT2D eigenvalue weighted by atomic mass is 35.5. The van der Waals surface area contributed by atoms with E-state index in [1.165, 1.54) is 30.3 Å². The summed E-state index contributed by atoms with van der Waals surface area (Å²) >= 11 is 12.0. The van der Waals surface area contributed by atoms with Gasteiger partial charge in [-0.3, -0.25) is 14.9 Å². The lowest BCUT2D eigenvalue weighted by Gasteiger charge is -2.14. The Hall–Kier alpha value is -2.68. The van der Waals surface area contributed by atoms with Crippen LogP contribution in [0.1, 0.15) is 23.2 Å². The van der Waals surface area contributed by atoms with E-state index in [1.807, 2.05) is 0 Å². The van der Waals surface area contributed by atoms with Crippen LogP contribution in [0, 0.1) is 10.1 Å². The number of esters is 1. The number of carbonyl (C=O) groups is 2. The number of hydrogen-bond donors (Lipinski definition) is 2. The van der Waals surface area contributed by atoms with Crippen molar-refractivity contribution in [2.75, 3.05) is 11.9 Å². The minimum Gasteiger partial charge on any atom is -0.425 e. The summed E-state index contributed by atoms with van der Waals surface area (Å²) in [5.41, 5.74) is 0.00434. The van der Waals surface area contributed by atoms with Crippen molar-refractivity contribution in [3.05, 3.63) is 62.1 Å². The van der Waals surface area contributed by atoms with E-state index in [1.54, 1.807) is 0 Å². The lowest BCUT2D eigenvalue weighted by molar-refractivity contribution is -0.384. The van der Waals surface area contributed by atoms with Gasteiger partial charge in [0.2, 0.25) is 0 Å². The van der Waals surface area contributed by atoms with Gasteiger partial charge in [0.05, 0.1) is 21.2 Å². The Morgan fingerprint density at radius 3 is 2.64 bits per heavy atom. The molecule has 2 N–H and O–H groups in total. The maximum atomic E-state index is 12.7. The molecule has 1 saturated heterocycles. The van der Waals surface area contributed by atoms with Gasteiger partial charge in [0.1, 0.15) is 11.8 Å². The fourth-order valence-corrected chi connectivity index (χ4v) is 3.14. The summed E-state index contributed by atoms with van der Waals surface area (Å²) in [7, 11) is 0. The van der Waals surface area contributed by atoms with Gasteiger partial charge in [0.15, 0.2) is 0 Å². The van der Waals surface area contributed by atoms with Crippen LogP contribution in [0.3, 0.4) is 0 Å². The topological polar surface area (TPSA) is 111 Å². The molecule has 0 saturated carbocycles. The minimum absolute atomic E-state index is 0.00159. The summed E-state index contributed by atoms with van der Waals surface area (Å²) in [4.78, 5) is 35.1. The summed E-state index contributed by atoms with van der Waals surface area (Å²) in [5, 5.41) is 16.6. The maximum absolute atomic E-state index is 12.7. The van der Waals surface area contributed by atoms with Crippen molar-refractivity contribution in [2.24, 2.45) is 0 Å². The number of nitro groups is 1. The van der Waals surface area contributed by atoms with Crippen LogP contribution in [-0.4, -0.2) is 29.4 Å². The number of halogens is 2. The summed E-state index contributed by atoms with van der Waals surface area (Å²) in [6.07, 6.45) is 1.53. The number of non-ortho nitro benzene ring substituents is 1. The average molecular weight is 424 g/mol. The average Bonchev–Trinajstić information content (AvgIpc) is 3.19. The molecule has 1 heterocycles. The van der Waals surface area contributed by atoms with Crippen LogP contribution in [0.4, 0.5) is 11.4 Å². The molecule has 2 aromatic rings. The lowest BCUT2D eigenvalue weighted by atomic mass is 10.1. The number of nitrogens with one attached hydrogen (secondary N) is 2. The maximum Gasteiger partial charge on any atom is 0.328 e. The van der Waals surface area contributed by atoms with E-state index < -0.39 is 22.8 Å². The molecule has 0 radical (unpaired) electrons. The van der Waals surface area contributed by atoms with E-state index in [4.69, 9.17) is 27.9 Å². The Morgan fingerprint density at radius 1 is 1.21 bits per heavy atom. The molecular weight excluding hydrogens is 409 g/mol. The van der Waals surface area contributed by atoms with Gasteiger partial charge in [0, 0.05) is 17.2 Å². The highest BCUT2D eigenvalue weighted by molar-refractivity contribution is 6.34. The Labute approximate surface area is 169 Å². The lowest BCUT2D eigenvalue weighted by Crippen LogP contribution is -2.34. The van der Waals surface area contributed by atoms with Crippen molar-refractivity contribution in [3.63, 3.8) is 0 Å². The SMILES string of the molecule is O=C(Nc1ccc([N+](=O)[O-])cc1Cl)c1cc(Cl)ccc1OC(=O)[C@@H]1CCCN1. The molecule has 10 heteroatoms. The van der Waals surface area contributed by atoms with E-state index in [-0.39, 0.29) is 32.7 Å². The highest BCUT2D eigenvalue weighted by Gasteiger charge is 2.26. The van der Waals surface area contributed by atoms with Crippen molar-refractivity contribution in [1.82, 2.24) is 5.32 Å². The Balaban J connectivity index is 1.82. The van der Waals surface area contributed by atoms with Crippen molar-refractivity contribution in [3.8, 4) is 5.75 Å². The first-order chi connectivity index (χ1) is 13.3. The Kier molecular flexibility index (Phi) is 6.13. The van der Waals surface area contributed by atoms with E-state index in [2.05, 4.69) is 10.6 Å². The van der Waals surface area contributed by atoms with Crippen molar-refractivity contribution in [1.29, 1.82) is 0 Å². The number of amides is 1. The van der Waals surface area contributed by atoms with Gasteiger partial charge in [-0.15, -0.1) is 0 Å². The zero-order valence-corrected chi connectivity index (χ0v) is 15.9. The van der Waals surface area contributed by atoms with Gasteiger partial charge < -0.3 is 15.4 Å². The Bertz CT molecular complexity index is 945. The number of carbonyl (C=O) groups excluding carboxylic acids is 2. The number of anilines is 1. The number of ether oxygens (including phenoxy) is 1. The summed E-state index contributed by atoms with van der Waals surface area (Å²) in [6, 6.07) is 7.53. The molecule has 28 heavy (non-hydrogen) atoms. The van der Waals surface area contributed by atoms with E-state index in [9.17, 15) is 19.7 Å². The predicted molar refractivity (Wildman–Crippen MR) is 104 cm³/mol. The first-order valence-corrected chi connectivity index (χ1v) is 9.10. The molecule has 0 aromatic heterocycles. The molecule has 146 valence electrons. The van der Waals surface area contributed by atoms with Gasteiger partial charge in [-0.1, -0.05) is 23.2 Å². The first-order valence-electron chi connectivity index (χ1n) is 8.35. The molecule has 0 bridgehead atoms.